The number of azo groups is 1. The number of rotatable bonds is 14. The first-order valence-corrected chi connectivity index (χ1v) is 15.5. The zero-order valence-electron chi connectivity index (χ0n) is 24.0. The minimum absolute atomic E-state index is 0.0286. The quantitative estimate of drug-likeness (QED) is 0.0590. The second-order valence-electron chi connectivity index (χ2n) is 10.1. The topological polar surface area (TPSA) is 168 Å². The summed E-state index contributed by atoms with van der Waals surface area (Å²) in [5, 5.41) is 34.0. The molecular weight excluding hydrogens is 596 g/mol. The van der Waals surface area contributed by atoms with Crippen LogP contribution in [0.5, 0.6) is 5.75 Å². The van der Waals surface area contributed by atoms with Crippen LogP contribution in [0.2, 0.25) is 0 Å². The number of nitrogens with one attached hydrogen (secondary N) is 2. The fourth-order valence-corrected chi connectivity index (χ4v) is 5.40. The van der Waals surface area contributed by atoms with E-state index in [1.807, 2.05) is 36.4 Å². The van der Waals surface area contributed by atoms with Crippen molar-refractivity contribution in [3.8, 4) is 5.75 Å². The molecule has 0 fully saturated rings. The highest BCUT2D eigenvalue weighted by atomic mass is 32.2. The number of nitro groups is 1. The molecule has 5 rings (SSSR count). The molecule has 230 valence electrons. The molecule has 5 aromatic rings. The Balaban J connectivity index is 1.01. The van der Waals surface area contributed by atoms with Crippen LogP contribution >= 0.6 is 0 Å². The maximum absolute atomic E-state index is 12.9. The molecule has 0 aliphatic rings. The van der Waals surface area contributed by atoms with E-state index >= 15 is 0 Å². The summed E-state index contributed by atoms with van der Waals surface area (Å²) >= 11 is 0. The van der Waals surface area contributed by atoms with Gasteiger partial charge >= 0.3 is 0 Å². The smallest absolute Gasteiger partial charge is 0.269 e. The molecule has 0 aliphatic heterocycles. The summed E-state index contributed by atoms with van der Waals surface area (Å²) in [6, 6.07) is 28.8. The number of non-ortho nitro benzene ring substituents is 1. The number of ether oxygens (including phenoxy) is 1. The van der Waals surface area contributed by atoms with Crippen LogP contribution in [0.15, 0.2) is 124 Å². The molecular formula is C32H30N6O6S. The van der Waals surface area contributed by atoms with Gasteiger partial charge in [0.05, 0.1) is 21.7 Å². The summed E-state index contributed by atoms with van der Waals surface area (Å²) in [6.45, 7) is 0.984. The minimum Gasteiger partial charge on any atom is -0.489 e. The van der Waals surface area contributed by atoms with Crippen molar-refractivity contribution in [3.63, 3.8) is 0 Å². The van der Waals surface area contributed by atoms with Crippen LogP contribution in [0.25, 0.3) is 10.8 Å². The lowest BCUT2D eigenvalue weighted by Crippen LogP contribution is -2.32. The van der Waals surface area contributed by atoms with Crippen LogP contribution in [-0.4, -0.2) is 49.2 Å². The van der Waals surface area contributed by atoms with Gasteiger partial charge in [-0.1, -0.05) is 42.5 Å². The van der Waals surface area contributed by atoms with Gasteiger partial charge in [-0.05, 0) is 77.8 Å². The number of hydrogen-bond donors (Lipinski definition) is 3. The van der Waals surface area contributed by atoms with Crippen molar-refractivity contribution in [1.82, 2.24) is 10.3 Å². The van der Waals surface area contributed by atoms with E-state index in [1.165, 1.54) is 30.5 Å². The van der Waals surface area contributed by atoms with Gasteiger partial charge < -0.3 is 15.2 Å². The molecule has 0 saturated carbocycles. The van der Waals surface area contributed by atoms with Gasteiger partial charge in [-0.2, -0.15) is 0 Å². The van der Waals surface area contributed by atoms with Gasteiger partial charge in [0.1, 0.15) is 18.5 Å². The normalized spacial score (nSPS) is 12.3. The van der Waals surface area contributed by atoms with Crippen LogP contribution < -0.4 is 14.8 Å². The summed E-state index contributed by atoms with van der Waals surface area (Å²) in [5.74, 6) is 0.790. The predicted molar refractivity (Wildman–Crippen MR) is 171 cm³/mol. The molecule has 4 aromatic carbocycles. The van der Waals surface area contributed by atoms with E-state index in [1.54, 1.807) is 42.5 Å². The van der Waals surface area contributed by atoms with Crippen LogP contribution in [0, 0.1) is 10.1 Å². The number of pyridine rings is 1. The standard InChI is InChI=1S/C32H30N6O6S/c39-29(22-44-30-14-16-32(34-21-30)36-35-26-10-12-28(13-11-26)38(40)41)20-33-18-17-23-5-8-27(9-6-23)37-45(42,43)31-15-7-24-3-1-2-4-25(24)19-31/h1-16,19,21,29,33,37,39H,17-18,20,22H2. The van der Waals surface area contributed by atoms with Gasteiger partial charge in [0.25, 0.3) is 15.7 Å². The van der Waals surface area contributed by atoms with Gasteiger partial charge in [-0.15, -0.1) is 10.2 Å². The molecule has 1 unspecified atom stereocenters. The first-order valence-electron chi connectivity index (χ1n) is 14.0. The molecule has 0 saturated heterocycles. The Labute approximate surface area is 259 Å². The second-order valence-corrected chi connectivity index (χ2v) is 11.7. The lowest BCUT2D eigenvalue weighted by Gasteiger charge is -2.13. The number of nitro benzene ring substituents is 1. The summed E-state index contributed by atoms with van der Waals surface area (Å²) in [7, 11) is -3.72. The maximum atomic E-state index is 12.9. The first-order chi connectivity index (χ1) is 21.7. The lowest BCUT2D eigenvalue weighted by molar-refractivity contribution is -0.384. The molecule has 0 amide bonds. The molecule has 0 bridgehead atoms. The van der Waals surface area contributed by atoms with Crippen molar-refractivity contribution < 1.29 is 23.2 Å². The van der Waals surface area contributed by atoms with Crippen LogP contribution in [0.1, 0.15) is 5.56 Å². The third-order valence-electron chi connectivity index (χ3n) is 6.70. The van der Waals surface area contributed by atoms with Gasteiger partial charge in [0.15, 0.2) is 5.82 Å². The van der Waals surface area contributed by atoms with E-state index in [2.05, 4.69) is 25.3 Å². The van der Waals surface area contributed by atoms with Crippen molar-refractivity contribution in [2.45, 2.75) is 17.4 Å². The number of aromatic nitrogens is 1. The zero-order chi connectivity index (χ0) is 31.6. The van der Waals surface area contributed by atoms with E-state index in [9.17, 15) is 23.6 Å². The molecule has 1 atom stereocenters. The lowest BCUT2D eigenvalue weighted by atomic mass is 10.1. The molecule has 1 heterocycles. The fraction of sp³-hybridized carbons (Fsp3) is 0.156. The van der Waals surface area contributed by atoms with Crippen molar-refractivity contribution in [2.24, 2.45) is 10.2 Å². The maximum Gasteiger partial charge on any atom is 0.269 e. The van der Waals surface area contributed by atoms with Crippen molar-refractivity contribution in [1.29, 1.82) is 0 Å². The fourth-order valence-electron chi connectivity index (χ4n) is 4.31. The van der Waals surface area contributed by atoms with Crippen LogP contribution in [0.3, 0.4) is 0 Å². The van der Waals surface area contributed by atoms with Gasteiger partial charge in [-0.3, -0.25) is 14.8 Å². The Morgan fingerprint density at radius 2 is 1.67 bits per heavy atom. The Morgan fingerprint density at radius 1 is 0.911 bits per heavy atom. The SMILES string of the molecule is O=[N+]([O-])c1ccc(N=Nc2ccc(OCC(O)CNCCc3ccc(NS(=O)(=O)c4ccc5ccccc5c4)cc3)cn2)cc1. The largest absolute Gasteiger partial charge is 0.489 e. The van der Waals surface area contributed by atoms with E-state index < -0.39 is 21.1 Å². The molecule has 12 nitrogen and oxygen atoms in total. The summed E-state index contributed by atoms with van der Waals surface area (Å²) in [5.41, 5.74) is 1.91. The molecule has 1 aromatic heterocycles. The van der Waals surface area contributed by atoms with Crippen molar-refractivity contribution >= 4 is 43.7 Å². The van der Waals surface area contributed by atoms with Gasteiger partial charge in [0, 0.05) is 24.4 Å². The van der Waals surface area contributed by atoms with Crippen LogP contribution in [-0.2, 0) is 16.4 Å². The number of nitrogens with zero attached hydrogens (tertiary/aromatic N) is 4. The Morgan fingerprint density at radius 3 is 2.38 bits per heavy atom. The van der Waals surface area contributed by atoms with Gasteiger partial charge in [0.2, 0.25) is 0 Å². The number of hydrogen-bond acceptors (Lipinski definition) is 10. The monoisotopic (exact) mass is 626 g/mol. The zero-order valence-corrected chi connectivity index (χ0v) is 24.8. The van der Waals surface area contributed by atoms with E-state index in [0.29, 0.717) is 42.5 Å². The third-order valence-corrected chi connectivity index (χ3v) is 8.08. The average molecular weight is 627 g/mol. The molecule has 0 radical (unpaired) electrons. The van der Waals surface area contributed by atoms with Crippen molar-refractivity contribution in [2.75, 3.05) is 24.4 Å². The highest BCUT2D eigenvalue weighted by molar-refractivity contribution is 7.92. The summed E-state index contributed by atoms with van der Waals surface area (Å²) < 4.78 is 34.0. The number of benzene rings is 4. The number of sulfonamides is 1. The number of fused-ring (bicyclic) bond motifs is 1. The molecule has 45 heavy (non-hydrogen) atoms. The van der Waals surface area contributed by atoms with Gasteiger partial charge in [-0.25, -0.2) is 13.4 Å². The Hall–Kier alpha value is -5.24. The average Bonchev–Trinajstić information content (AvgIpc) is 3.06. The predicted octanol–water partition coefficient (Wildman–Crippen LogP) is 5.93. The minimum atomic E-state index is -3.72. The van der Waals surface area contributed by atoms with Crippen molar-refractivity contribution in [3.05, 3.63) is 125 Å². The highest BCUT2D eigenvalue weighted by Crippen LogP contribution is 2.23. The second kappa shape index (κ2) is 14.5. The molecule has 13 heteroatoms. The van der Waals surface area contributed by atoms with E-state index in [-0.39, 0.29) is 17.2 Å². The number of aliphatic hydroxyl groups excluding tert-OH is 1. The van der Waals surface area contributed by atoms with E-state index in [4.69, 9.17) is 4.74 Å². The third kappa shape index (κ3) is 8.89. The first kappa shape index (κ1) is 31.2. The highest BCUT2D eigenvalue weighted by Gasteiger charge is 2.15. The van der Waals surface area contributed by atoms with E-state index in [0.717, 1.165) is 16.3 Å². The molecule has 0 spiro atoms. The molecule has 0 aliphatic carbocycles. The van der Waals surface area contributed by atoms with Crippen LogP contribution in [0.4, 0.5) is 22.9 Å². The number of aliphatic hydroxyl groups is 1. The summed E-state index contributed by atoms with van der Waals surface area (Å²) in [4.78, 5) is 14.6. The number of anilines is 1. The summed E-state index contributed by atoms with van der Waals surface area (Å²) in [6.07, 6.45) is 1.40. The Kier molecular flexibility index (Phi) is 10.0. The molecule has 3 N–H and O–H groups in total. The Bertz CT molecular complexity index is 1880.